The predicted octanol–water partition coefficient (Wildman–Crippen LogP) is 0.201. The topological polar surface area (TPSA) is 113 Å². The third kappa shape index (κ3) is 3.01. The molecule has 1 aliphatic heterocycles. The highest BCUT2D eigenvalue weighted by atomic mass is 35.5. The van der Waals surface area contributed by atoms with E-state index < -0.39 is 27.1 Å². The molecule has 10 heteroatoms. The molecule has 1 heterocycles. The maximum Gasteiger partial charge on any atom is 0.270 e. The van der Waals surface area contributed by atoms with Crippen LogP contribution >= 0.6 is 11.6 Å². The summed E-state index contributed by atoms with van der Waals surface area (Å²) in [5.41, 5.74) is -0.364. The minimum atomic E-state index is -4.05. The van der Waals surface area contributed by atoms with Gasteiger partial charge in [0.2, 0.25) is 10.0 Å². The summed E-state index contributed by atoms with van der Waals surface area (Å²) in [6, 6.07) is 2.57. The number of benzene rings is 1. The van der Waals surface area contributed by atoms with Crippen LogP contribution in [0, 0.1) is 10.1 Å². The van der Waals surface area contributed by atoms with Gasteiger partial charge in [-0.15, -0.1) is 0 Å². The minimum absolute atomic E-state index is 0.104. The quantitative estimate of drug-likeness (QED) is 0.600. The highest BCUT2D eigenvalue weighted by molar-refractivity contribution is 7.89. The van der Waals surface area contributed by atoms with Crippen LogP contribution in [0.25, 0.3) is 0 Å². The Morgan fingerprint density at radius 2 is 2.14 bits per heavy atom. The van der Waals surface area contributed by atoms with E-state index in [0.717, 1.165) is 16.4 Å². The molecule has 2 rings (SSSR count). The van der Waals surface area contributed by atoms with Gasteiger partial charge < -0.3 is 10.4 Å². The molecule has 0 unspecified atom stereocenters. The van der Waals surface area contributed by atoms with Gasteiger partial charge in [-0.25, -0.2) is 8.42 Å². The number of rotatable bonds is 4. The number of nitro benzene ring substituents is 1. The summed E-state index contributed by atoms with van der Waals surface area (Å²) in [5.74, 6) is 0. The number of sulfonamides is 1. The van der Waals surface area contributed by atoms with Gasteiger partial charge in [-0.05, 0) is 6.07 Å². The molecule has 8 nitrogen and oxygen atoms in total. The lowest BCUT2D eigenvalue weighted by molar-refractivity contribution is -0.385. The number of hydrogen-bond acceptors (Lipinski definition) is 6. The van der Waals surface area contributed by atoms with Crippen LogP contribution in [-0.2, 0) is 10.0 Å². The Kier molecular flexibility index (Phi) is 4.49. The number of nitro groups is 1. The Labute approximate surface area is 126 Å². The van der Waals surface area contributed by atoms with Crippen LogP contribution in [0.2, 0.25) is 5.02 Å². The number of likely N-dealkylation sites (N-methyl/N-ethyl adjacent to an activating group) is 1. The van der Waals surface area contributed by atoms with E-state index in [4.69, 9.17) is 11.6 Å². The van der Waals surface area contributed by atoms with E-state index in [1.54, 1.807) is 0 Å². The van der Waals surface area contributed by atoms with Gasteiger partial charge in [0.05, 0.1) is 22.1 Å². The lowest BCUT2D eigenvalue weighted by Crippen LogP contribution is -2.44. The first-order valence-corrected chi connectivity index (χ1v) is 7.87. The molecule has 1 aromatic rings. The first-order chi connectivity index (χ1) is 9.75. The molecule has 0 amide bonds. The molecule has 0 aliphatic carbocycles. The summed E-state index contributed by atoms with van der Waals surface area (Å²) < 4.78 is 26.1. The second kappa shape index (κ2) is 5.85. The standard InChI is InChI=1S/C11H14ClN3O5S/c1-14(9-5-13-6-10(9)16)21(19,20)11-4-7(15(17)18)2-3-8(11)12/h2-4,9-10,13,16H,5-6H2,1H3/t9-,10-/m1/s1. The Bertz CT molecular complexity index is 666. The van der Waals surface area contributed by atoms with Crippen molar-refractivity contribution in [3.8, 4) is 0 Å². The summed E-state index contributed by atoms with van der Waals surface area (Å²) in [6.07, 6.45) is -0.845. The molecule has 1 aliphatic rings. The van der Waals surface area contributed by atoms with Crippen LogP contribution in [-0.4, -0.2) is 55.0 Å². The van der Waals surface area contributed by atoms with E-state index in [1.165, 1.54) is 13.1 Å². The van der Waals surface area contributed by atoms with Gasteiger partial charge in [-0.3, -0.25) is 10.1 Å². The molecule has 0 spiro atoms. The van der Waals surface area contributed by atoms with Crippen LogP contribution in [0.4, 0.5) is 5.69 Å². The second-order valence-electron chi connectivity index (χ2n) is 4.69. The molecule has 1 fully saturated rings. The van der Waals surface area contributed by atoms with Crippen LogP contribution in [0.15, 0.2) is 23.1 Å². The summed E-state index contributed by atoms with van der Waals surface area (Å²) in [6.45, 7) is 0.580. The lowest BCUT2D eigenvalue weighted by atomic mass is 10.2. The van der Waals surface area contributed by atoms with Crippen molar-refractivity contribution >= 4 is 27.3 Å². The number of nitrogens with zero attached hydrogens (tertiary/aromatic N) is 2. The van der Waals surface area contributed by atoms with Crippen molar-refractivity contribution in [3.63, 3.8) is 0 Å². The number of aliphatic hydroxyl groups excluding tert-OH is 1. The Hall–Kier alpha value is -1.26. The molecule has 116 valence electrons. The predicted molar refractivity (Wildman–Crippen MR) is 75.7 cm³/mol. The van der Waals surface area contributed by atoms with Crippen molar-refractivity contribution in [2.45, 2.75) is 17.0 Å². The molecule has 0 saturated carbocycles. The number of hydrogen-bond donors (Lipinski definition) is 2. The van der Waals surface area contributed by atoms with E-state index >= 15 is 0 Å². The number of aliphatic hydroxyl groups is 1. The van der Waals surface area contributed by atoms with Gasteiger partial charge in [0.15, 0.2) is 0 Å². The van der Waals surface area contributed by atoms with E-state index in [2.05, 4.69) is 5.32 Å². The van der Waals surface area contributed by atoms with Crippen molar-refractivity contribution in [2.24, 2.45) is 0 Å². The summed E-state index contributed by atoms with van der Waals surface area (Å²) >= 11 is 5.87. The Balaban J connectivity index is 2.43. The largest absolute Gasteiger partial charge is 0.390 e. The zero-order chi connectivity index (χ0) is 15.8. The molecular formula is C11H14ClN3O5S. The van der Waals surface area contributed by atoms with E-state index in [0.29, 0.717) is 6.54 Å². The third-order valence-corrected chi connectivity index (χ3v) is 5.77. The van der Waals surface area contributed by atoms with Crippen molar-refractivity contribution in [2.75, 3.05) is 20.1 Å². The fourth-order valence-electron chi connectivity index (χ4n) is 2.16. The molecule has 21 heavy (non-hydrogen) atoms. The van der Waals surface area contributed by atoms with Gasteiger partial charge in [0.25, 0.3) is 5.69 Å². The summed E-state index contributed by atoms with van der Waals surface area (Å²) in [5, 5.41) is 23.3. The minimum Gasteiger partial charge on any atom is -0.390 e. The summed E-state index contributed by atoms with van der Waals surface area (Å²) in [4.78, 5) is 9.73. The fourth-order valence-corrected chi connectivity index (χ4v) is 4.03. The van der Waals surface area contributed by atoms with Crippen LogP contribution in [0.3, 0.4) is 0 Å². The van der Waals surface area contributed by atoms with Gasteiger partial charge in [-0.1, -0.05) is 11.6 Å². The highest BCUT2D eigenvalue weighted by Gasteiger charge is 2.37. The van der Waals surface area contributed by atoms with Gasteiger partial charge in [0.1, 0.15) is 4.90 Å². The third-order valence-electron chi connectivity index (χ3n) is 3.40. The Morgan fingerprint density at radius 3 is 2.67 bits per heavy atom. The molecule has 1 saturated heterocycles. The number of halogens is 1. The normalized spacial score (nSPS) is 22.7. The van der Waals surface area contributed by atoms with E-state index in [-0.39, 0.29) is 22.2 Å². The maximum absolute atomic E-state index is 12.5. The highest BCUT2D eigenvalue weighted by Crippen LogP contribution is 2.29. The smallest absolute Gasteiger partial charge is 0.270 e. The van der Waals surface area contributed by atoms with Gasteiger partial charge in [-0.2, -0.15) is 4.31 Å². The molecule has 2 atom stereocenters. The zero-order valence-corrected chi connectivity index (χ0v) is 12.6. The van der Waals surface area contributed by atoms with Gasteiger partial charge in [0, 0.05) is 32.3 Å². The lowest BCUT2D eigenvalue weighted by Gasteiger charge is -2.25. The van der Waals surface area contributed by atoms with Crippen LogP contribution < -0.4 is 5.32 Å². The number of nitrogens with one attached hydrogen (secondary N) is 1. The SMILES string of the molecule is CN([C@@H]1CNC[C@H]1O)S(=O)(=O)c1cc([N+](=O)[O-])ccc1Cl. The maximum atomic E-state index is 12.5. The summed E-state index contributed by atoms with van der Waals surface area (Å²) in [7, 11) is -2.73. The van der Waals surface area contributed by atoms with Crippen molar-refractivity contribution < 1.29 is 18.4 Å². The molecular weight excluding hydrogens is 322 g/mol. The molecule has 1 aromatic carbocycles. The second-order valence-corrected chi connectivity index (χ2v) is 7.06. The first kappa shape index (κ1) is 16.1. The fraction of sp³-hybridized carbons (Fsp3) is 0.455. The molecule has 0 bridgehead atoms. The zero-order valence-electron chi connectivity index (χ0n) is 11.1. The van der Waals surface area contributed by atoms with Crippen molar-refractivity contribution in [3.05, 3.63) is 33.3 Å². The molecule has 2 N–H and O–H groups in total. The monoisotopic (exact) mass is 335 g/mol. The first-order valence-electron chi connectivity index (χ1n) is 6.06. The molecule has 0 radical (unpaired) electrons. The van der Waals surface area contributed by atoms with Crippen molar-refractivity contribution in [1.29, 1.82) is 0 Å². The van der Waals surface area contributed by atoms with E-state index in [1.807, 2.05) is 0 Å². The van der Waals surface area contributed by atoms with Crippen molar-refractivity contribution in [1.82, 2.24) is 9.62 Å². The number of β-amino-alcohol motifs (C(OH)–C–C–N with tert-alkyl or cyclic N) is 1. The van der Waals surface area contributed by atoms with Crippen LogP contribution in [0.1, 0.15) is 0 Å². The Morgan fingerprint density at radius 1 is 1.48 bits per heavy atom. The number of non-ortho nitro benzene ring substituents is 1. The van der Waals surface area contributed by atoms with E-state index in [9.17, 15) is 23.6 Å². The van der Waals surface area contributed by atoms with Gasteiger partial charge >= 0.3 is 0 Å². The average molecular weight is 336 g/mol. The molecule has 0 aromatic heterocycles. The van der Waals surface area contributed by atoms with Crippen LogP contribution in [0.5, 0.6) is 0 Å². The average Bonchev–Trinajstić information content (AvgIpc) is 2.83.